The van der Waals surface area contributed by atoms with Crippen LogP contribution in [0.4, 0.5) is 0 Å². The van der Waals surface area contributed by atoms with Crippen LogP contribution in [0.25, 0.3) is 0 Å². The van der Waals surface area contributed by atoms with Crippen LogP contribution in [0.15, 0.2) is 23.1 Å². The molecular formula is C12H17NOS. The van der Waals surface area contributed by atoms with Crippen LogP contribution in [0.3, 0.4) is 0 Å². The maximum Gasteiger partial charge on any atom is 0.0564 e. The molecule has 4 atom stereocenters. The quantitative estimate of drug-likeness (QED) is 0.732. The van der Waals surface area contributed by atoms with Crippen molar-refractivity contribution in [1.29, 1.82) is 0 Å². The highest BCUT2D eigenvalue weighted by atomic mass is 32.2. The first-order valence-corrected chi connectivity index (χ1v) is 6.50. The van der Waals surface area contributed by atoms with E-state index in [1.165, 1.54) is 5.56 Å². The van der Waals surface area contributed by atoms with Gasteiger partial charge in [0.1, 0.15) is 0 Å². The molecule has 4 unspecified atom stereocenters. The molecule has 0 aromatic heterocycles. The van der Waals surface area contributed by atoms with Gasteiger partial charge in [0, 0.05) is 16.2 Å². The van der Waals surface area contributed by atoms with Crippen LogP contribution < -0.4 is 5.73 Å². The molecule has 0 aliphatic carbocycles. The summed E-state index contributed by atoms with van der Waals surface area (Å²) in [5.74, 6) is 0.278. The molecule has 0 fully saturated rings. The van der Waals surface area contributed by atoms with Gasteiger partial charge < -0.3 is 5.73 Å². The van der Waals surface area contributed by atoms with Crippen molar-refractivity contribution in [2.75, 3.05) is 0 Å². The third-order valence-electron chi connectivity index (χ3n) is 3.39. The number of rotatable bonds is 0. The van der Waals surface area contributed by atoms with Crippen molar-refractivity contribution in [3.63, 3.8) is 0 Å². The van der Waals surface area contributed by atoms with Gasteiger partial charge in [0.25, 0.3) is 0 Å². The van der Waals surface area contributed by atoms with E-state index in [1.54, 1.807) is 0 Å². The van der Waals surface area contributed by atoms with Crippen LogP contribution >= 0.6 is 0 Å². The van der Waals surface area contributed by atoms with Gasteiger partial charge in [-0.1, -0.05) is 31.5 Å². The average Bonchev–Trinajstić information content (AvgIpc) is 2.23. The molecule has 0 radical (unpaired) electrons. The van der Waals surface area contributed by atoms with Crippen LogP contribution in [0, 0.1) is 12.8 Å². The lowest BCUT2D eigenvalue weighted by atomic mass is 9.91. The van der Waals surface area contributed by atoms with E-state index in [9.17, 15) is 4.21 Å². The Kier molecular flexibility index (Phi) is 2.69. The molecule has 0 spiro atoms. The molecule has 1 heterocycles. The zero-order valence-corrected chi connectivity index (χ0v) is 10.2. The van der Waals surface area contributed by atoms with E-state index in [2.05, 4.69) is 13.0 Å². The van der Waals surface area contributed by atoms with Crippen molar-refractivity contribution in [3.05, 3.63) is 29.3 Å². The van der Waals surface area contributed by atoms with Gasteiger partial charge >= 0.3 is 0 Å². The summed E-state index contributed by atoms with van der Waals surface area (Å²) in [4.78, 5) is 0.929. The van der Waals surface area contributed by atoms with E-state index in [0.29, 0.717) is 0 Å². The molecule has 1 aromatic carbocycles. The lowest BCUT2D eigenvalue weighted by molar-refractivity contribution is 0.441. The molecule has 3 heteroatoms. The highest BCUT2D eigenvalue weighted by molar-refractivity contribution is 7.85. The lowest BCUT2D eigenvalue weighted by Gasteiger charge is -2.33. The Labute approximate surface area is 93.3 Å². The van der Waals surface area contributed by atoms with E-state index in [0.717, 1.165) is 10.5 Å². The Balaban J connectivity index is 2.59. The van der Waals surface area contributed by atoms with Crippen molar-refractivity contribution >= 4 is 10.8 Å². The van der Waals surface area contributed by atoms with Gasteiger partial charge in [0.15, 0.2) is 0 Å². The molecule has 1 aromatic rings. The van der Waals surface area contributed by atoms with E-state index >= 15 is 0 Å². The fourth-order valence-corrected chi connectivity index (χ4v) is 3.67. The van der Waals surface area contributed by atoms with E-state index in [4.69, 9.17) is 5.73 Å². The molecule has 0 saturated carbocycles. The molecule has 1 aliphatic heterocycles. The second kappa shape index (κ2) is 3.72. The van der Waals surface area contributed by atoms with E-state index < -0.39 is 10.8 Å². The first kappa shape index (κ1) is 10.8. The maximum absolute atomic E-state index is 12.1. The summed E-state index contributed by atoms with van der Waals surface area (Å²) in [5, 5.41) is 0.148. The first-order chi connectivity index (χ1) is 7.02. The van der Waals surface area contributed by atoms with Gasteiger partial charge in [0.2, 0.25) is 0 Å². The fourth-order valence-electron chi connectivity index (χ4n) is 2.08. The Morgan fingerprint density at radius 1 is 1.33 bits per heavy atom. The molecular weight excluding hydrogens is 206 g/mol. The minimum absolute atomic E-state index is 0.0209. The molecule has 2 N–H and O–H groups in total. The summed E-state index contributed by atoms with van der Waals surface area (Å²) >= 11 is 0. The Morgan fingerprint density at radius 3 is 2.67 bits per heavy atom. The molecule has 15 heavy (non-hydrogen) atoms. The largest absolute Gasteiger partial charge is 0.324 e. The van der Waals surface area contributed by atoms with Crippen LogP contribution in [-0.4, -0.2) is 9.46 Å². The Hall–Kier alpha value is -0.670. The van der Waals surface area contributed by atoms with Crippen molar-refractivity contribution in [3.8, 4) is 0 Å². The van der Waals surface area contributed by atoms with Crippen molar-refractivity contribution in [2.24, 2.45) is 11.7 Å². The zero-order valence-electron chi connectivity index (χ0n) is 9.36. The topological polar surface area (TPSA) is 43.1 Å². The van der Waals surface area contributed by atoms with Crippen LogP contribution in [0.2, 0.25) is 0 Å². The summed E-state index contributed by atoms with van der Waals surface area (Å²) in [6, 6.07) is 6.06. The Morgan fingerprint density at radius 2 is 2.00 bits per heavy atom. The minimum Gasteiger partial charge on any atom is -0.324 e. The normalized spacial score (nSPS) is 34.9. The lowest BCUT2D eigenvalue weighted by Crippen LogP contribution is -2.36. The zero-order chi connectivity index (χ0) is 11.2. The number of hydrogen-bond donors (Lipinski definition) is 1. The second-order valence-corrected chi connectivity index (χ2v) is 6.21. The number of hydrogen-bond acceptors (Lipinski definition) is 2. The van der Waals surface area contributed by atoms with Gasteiger partial charge in [-0.25, -0.2) is 0 Å². The monoisotopic (exact) mass is 223 g/mol. The smallest absolute Gasteiger partial charge is 0.0564 e. The summed E-state index contributed by atoms with van der Waals surface area (Å²) in [6.07, 6.45) is 0. The van der Waals surface area contributed by atoms with Crippen LogP contribution in [0.1, 0.15) is 31.0 Å². The van der Waals surface area contributed by atoms with Crippen molar-refractivity contribution < 1.29 is 4.21 Å². The van der Waals surface area contributed by atoms with Gasteiger partial charge in [0.05, 0.1) is 10.8 Å². The summed E-state index contributed by atoms with van der Waals surface area (Å²) < 4.78 is 12.1. The number of aryl methyl sites for hydroxylation is 1. The van der Waals surface area contributed by atoms with Crippen molar-refractivity contribution in [2.45, 2.75) is 37.0 Å². The second-order valence-electron chi connectivity index (χ2n) is 4.43. The van der Waals surface area contributed by atoms with Gasteiger partial charge in [-0.3, -0.25) is 4.21 Å². The predicted octanol–water partition coefficient (Wildman–Crippen LogP) is 2.14. The number of fused-ring (bicyclic) bond motifs is 1. The average molecular weight is 223 g/mol. The predicted molar refractivity (Wildman–Crippen MR) is 63.1 cm³/mol. The third kappa shape index (κ3) is 1.64. The molecule has 82 valence electrons. The molecule has 0 saturated heterocycles. The molecule has 2 nitrogen and oxygen atoms in total. The van der Waals surface area contributed by atoms with E-state index in [-0.39, 0.29) is 17.2 Å². The maximum atomic E-state index is 12.1. The third-order valence-corrected chi connectivity index (χ3v) is 5.30. The van der Waals surface area contributed by atoms with E-state index in [1.807, 2.05) is 26.0 Å². The minimum atomic E-state index is -0.899. The highest BCUT2D eigenvalue weighted by Gasteiger charge is 2.34. The van der Waals surface area contributed by atoms with Gasteiger partial charge in [-0.15, -0.1) is 0 Å². The fraction of sp³-hybridized carbons (Fsp3) is 0.500. The van der Waals surface area contributed by atoms with Gasteiger partial charge in [-0.05, 0) is 24.5 Å². The van der Waals surface area contributed by atoms with Gasteiger partial charge in [-0.2, -0.15) is 0 Å². The molecule has 1 aliphatic rings. The molecule has 0 amide bonds. The van der Waals surface area contributed by atoms with Crippen molar-refractivity contribution in [1.82, 2.24) is 0 Å². The summed E-state index contributed by atoms with van der Waals surface area (Å²) in [7, 11) is -0.899. The number of nitrogens with two attached hydrogens (primary N) is 1. The first-order valence-electron chi connectivity index (χ1n) is 5.29. The molecule has 2 rings (SSSR count). The Bertz CT molecular complexity index is 416. The SMILES string of the molecule is Cc1ccc2c(c1)C(N)C(C)C(C)S2=O. The summed E-state index contributed by atoms with van der Waals surface area (Å²) in [5.41, 5.74) is 8.43. The van der Waals surface area contributed by atoms with Crippen LogP contribution in [0.5, 0.6) is 0 Å². The summed E-state index contributed by atoms with van der Waals surface area (Å²) in [6.45, 7) is 6.14. The standard InChI is InChI=1S/C12H17NOS/c1-7-4-5-11-10(6-7)12(13)8(2)9(3)15(11)14/h4-6,8-9,12H,13H2,1-3H3. The highest BCUT2D eigenvalue weighted by Crippen LogP contribution is 2.36. The van der Waals surface area contributed by atoms with Crippen LogP contribution in [-0.2, 0) is 10.8 Å². The molecule has 0 bridgehead atoms. The number of benzene rings is 1.